The summed E-state index contributed by atoms with van der Waals surface area (Å²) < 4.78 is 23.6. The molecule has 0 radical (unpaired) electrons. The van der Waals surface area contributed by atoms with Crippen LogP contribution < -0.4 is 5.32 Å². The summed E-state index contributed by atoms with van der Waals surface area (Å²) in [7, 11) is -3.47. The van der Waals surface area contributed by atoms with Gasteiger partial charge in [0.15, 0.2) is 9.84 Å². The number of sulfone groups is 1. The molecule has 1 amide bonds. The van der Waals surface area contributed by atoms with E-state index in [2.05, 4.69) is 5.32 Å². The van der Waals surface area contributed by atoms with Crippen LogP contribution in [0.4, 0.5) is 5.69 Å². The van der Waals surface area contributed by atoms with E-state index < -0.39 is 27.5 Å². The van der Waals surface area contributed by atoms with Gasteiger partial charge in [0.2, 0.25) is 5.91 Å². The maximum atomic E-state index is 11.8. The summed E-state index contributed by atoms with van der Waals surface area (Å²) >= 11 is 0. The number of hydrogen-bond donors (Lipinski definition) is 2. The van der Waals surface area contributed by atoms with E-state index in [1.807, 2.05) is 6.92 Å². The Morgan fingerprint density at radius 2 is 1.91 bits per heavy atom. The molecule has 0 fully saturated rings. The third-order valence-corrected chi connectivity index (χ3v) is 4.70. The molecule has 0 aromatic heterocycles. The van der Waals surface area contributed by atoms with E-state index in [1.54, 1.807) is 13.0 Å². The van der Waals surface area contributed by atoms with Crippen molar-refractivity contribution in [3.8, 4) is 0 Å². The summed E-state index contributed by atoms with van der Waals surface area (Å²) in [4.78, 5) is 23.0. The van der Waals surface area contributed by atoms with Crippen LogP contribution >= 0.6 is 0 Å². The molecule has 0 bridgehead atoms. The Morgan fingerprint density at radius 1 is 1.23 bits per heavy atom. The van der Waals surface area contributed by atoms with Crippen LogP contribution in [-0.4, -0.2) is 36.9 Å². The molecule has 0 unspecified atom stereocenters. The first-order valence-electron chi connectivity index (χ1n) is 7.09. The lowest BCUT2D eigenvalue weighted by atomic mass is 10.1. The molecule has 2 N–H and O–H groups in total. The van der Waals surface area contributed by atoms with E-state index in [-0.39, 0.29) is 17.0 Å². The van der Waals surface area contributed by atoms with Gasteiger partial charge in [-0.25, -0.2) is 13.2 Å². The first-order valence-corrected chi connectivity index (χ1v) is 8.91. The highest BCUT2D eigenvalue weighted by atomic mass is 32.2. The van der Waals surface area contributed by atoms with Crippen LogP contribution in [0, 0.1) is 6.92 Å². The number of unbranched alkanes of at least 4 members (excludes halogenated alkanes) is 2. The lowest BCUT2D eigenvalue weighted by Gasteiger charge is -2.09. The number of rotatable bonds is 8. The number of carbonyl (C=O) groups is 2. The standard InChI is InChI=1S/C15H21NO5S/c1-3-4-5-8-22(20,21)10-14(17)16-13-7-6-11(2)9-12(13)15(18)19/h6-7,9H,3-5,8,10H2,1-2H3,(H,16,17)(H,18,19). The Balaban J connectivity index is 2.75. The van der Waals surface area contributed by atoms with Crippen molar-refractivity contribution < 1.29 is 23.1 Å². The van der Waals surface area contributed by atoms with Gasteiger partial charge >= 0.3 is 5.97 Å². The van der Waals surface area contributed by atoms with E-state index in [4.69, 9.17) is 5.11 Å². The predicted molar refractivity (Wildman–Crippen MR) is 84.9 cm³/mol. The van der Waals surface area contributed by atoms with Crippen LogP contribution in [0.1, 0.15) is 42.1 Å². The van der Waals surface area contributed by atoms with Gasteiger partial charge in [-0.05, 0) is 25.5 Å². The third kappa shape index (κ3) is 5.85. The Bertz CT molecular complexity index is 652. The summed E-state index contributed by atoms with van der Waals surface area (Å²) in [6.45, 7) is 3.69. The average molecular weight is 327 g/mol. The monoisotopic (exact) mass is 327 g/mol. The van der Waals surface area contributed by atoms with Gasteiger partial charge < -0.3 is 10.4 Å². The fraction of sp³-hybridized carbons (Fsp3) is 0.467. The number of amides is 1. The highest BCUT2D eigenvalue weighted by molar-refractivity contribution is 7.92. The largest absolute Gasteiger partial charge is 0.478 e. The topological polar surface area (TPSA) is 101 Å². The number of anilines is 1. The molecule has 1 aromatic rings. The van der Waals surface area contributed by atoms with E-state index >= 15 is 0 Å². The van der Waals surface area contributed by atoms with Gasteiger partial charge in [0.25, 0.3) is 0 Å². The van der Waals surface area contributed by atoms with E-state index in [0.29, 0.717) is 6.42 Å². The van der Waals surface area contributed by atoms with Crippen molar-refractivity contribution in [2.24, 2.45) is 0 Å². The number of aromatic carboxylic acids is 1. The Kier molecular flexibility index (Phi) is 6.55. The summed E-state index contributed by atoms with van der Waals surface area (Å²) in [5.74, 6) is -2.56. The molecule has 1 aromatic carbocycles. The molecule has 0 heterocycles. The Labute approximate surface area is 130 Å². The van der Waals surface area contributed by atoms with E-state index in [0.717, 1.165) is 18.4 Å². The highest BCUT2D eigenvalue weighted by Crippen LogP contribution is 2.17. The number of aryl methyl sites for hydroxylation is 1. The van der Waals surface area contributed by atoms with Gasteiger partial charge in [0, 0.05) is 0 Å². The molecular formula is C15H21NO5S. The first kappa shape index (κ1) is 18.2. The Morgan fingerprint density at radius 3 is 2.50 bits per heavy atom. The number of nitrogens with one attached hydrogen (secondary N) is 1. The van der Waals surface area contributed by atoms with Crippen molar-refractivity contribution in [2.75, 3.05) is 16.8 Å². The molecule has 0 saturated heterocycles. The normalized spacial score (nSPS) is 11.2. The van der Waals surface area contributed by atoms with Crippen LogP contribution in [0.25, 0.3) is 0 Å². The molecular weight excluding hydrogens is 306 g/mol. The van der Waals surface area contributed by atoms with E-state index in [9.17, 15) is 18.0 Å². The van der Waals surface area contributed by atoms with Gasteiger partial charge in [-0.2, -0.15) is 0 Å². The van der Waals surface area contributed by atoms with Gasteiger partial charge in [0.1, 0.15) is 5.75 Å². The second kappa shape index (κ2) is 7.93. The second-order valence-corrected chi connectivity index (χ2v) is 7.39. The van der Waals surface area contributed by atoms with Crippen molar-refractivity contribution in [1.82, 2.24) is 0 Å². The molecule has 6 nitrogen and oxygen atoms in total. The minimum Gasteiger partial charge on any atom is -0.478 e. The molecule has 22 heavy (non-hydrogen) atoms. The zero-order chi connectivity index (χ0) is 16.8. The molecule has 0 aliphatic rings. The molecule has 0 atom stereocenters. The SMILES string of the molecule is CCCCCS(=O)(=O)CC(=O)Nc1ccc(C)cc1C(=O)O. The summed E-state index contributed by atoms with van der Waals surface area (Å²) in [5.41, 5.74) is 0.783. The van der Waals surface area contributed by atoms with Gasteiger partial charge in [-0.15, -0.1) is 0 Å². The number of carbonyl (C=O) groups excluding carboxylic acids is 1. The van der Waals surface area contributed by atoms with Crippen molar-refractivity contribution in [1.29, 1.82) is 0 Å². The zero-order valence-corrected chi connectivity index (χ0v) is 13.6. The van der Waals surface area contributed by atoms with Crippen LogP contribution in [0.5, 0.6) is 0 Å². The maximum Gasteiger partial charge on any atom is 0.337 e. The molecule has 0 saturated carbocycles. The quantitative estimate of drug-likeness (QED) is 0.713. The molecule has 0 spiro atoms. The minimum atomic E-state index is -3.47. The van der Waals surface area contributed by atoms with Crippen LogP contribution in [0.3, 0.4) is 0 Å². The number of benzene rings is 1. The lowest BCUT2D eigenvalue weighted by molar-refractivity contribution is -0.113. The number of carboxylic acids is 1. The minimum absolute atomic E-state index is 0.0338. The van der Waals surface area contributed by atoms with E-state index in [1.165, 1.54) is 12.1 Å². The average Bonchev–Trinajstić information content (AvgIpc) is 2.40. The van der Waals surface area contributed by atoms with Crippen molar-refractivity contribution in [3.05, 3.63) is 29.3 Å². The molecule has 0 aliphatic carbocycles. The van der Waals surface area contributed by atoms with Crippen LogP contribution in [0.15, 0.2) is 18.2 Å². The second-order valence-electron chi connectivity index (χ2n) is 5.20. The third-order valence-electron chi connectivity index (χ3n) is 3.09. The number of hydrogen-bond acceptors (Lipinski definition) is 4. The highest BCUT2D eigenvalue weighted by Gasteiger charge is 2.18. The fourth-order valence-electron chi connectivity index (χ4n) is 1.97. The molecule has 0 aliphatic heterocycles. The van der Waals surface area contributed by atoms with Gasteiger partial charge in [-0.3, -0.25) is 4.79 Å². The van der Waals surface area contributed by atoms with Crippen LogP contribution in [-0.2, 0) is 14.6 Å². The van der Waals surface area contributed by atoms with Crippen molar-refractivity contribution >= 4 is 27.4 Å². The lowest BCUT2D eigenvalue weighted by Crippen LogP contribution is -2.25. The molecule has 7 heteroatoms. The summed E-state index contributed by atoms with van der Waals surface area (Å²) in [6, 6.07) is 4.53. The summed E-state index contributed by atoms with van der Waals surface area (Å²) in [6.07, 6.45) is 2.21. The maximum absolute atomic E-state index is 11.8. The van der Waals surface area contributed by atoms with Crippen molar-refractivity contribution in [2.45, 2.75) is 33.1 Å². The summed E-state index contributed by atoms with van der Waals surface area (Å²) in [5, 5.41) is 11.5. The first-order chi connectivity index (χ1) is 10.2. The smallest absolute Gasteiger partial charge is 0.337 e. The van der Waals surface area contributed by atoms with Crippen LogP contribution in [0.2, 0.25) is 0 Å². The van der Waals surface area contributed by atoms with Gasteiger partial charge in [0.05, 0.1) is 17.0 Å². The molecule has 122 valence electrons. The predicted octanol–water partition coefficient (Wildman–Crippen LogP) is 2.24. The number of carboxylic acid groups (broad SMARTS) is 1. The van der Waals surface area contributed by atoms with Gasteiger partial charge in [-0.1, -0.05) is 31.4 Å². The van der Waals surface area contributed by atoms with Crippen molar-refractivity contribution in [3.63, 3.8) is 0 Å². The molecule has 1 rings (SSSR count). The fourth-order valence-corrected chi connectivity index (χ4v) is 3.23. The Hall–Kier alpha value is -1.89. The zero-order valence-electron chi connectivity index (χ0n) is 12.8.